The first-order chi connectivity index (χ1) is 10.2. The van der Waals surface area contributed by atoms with Crippen LogP contribution in [0.1, 0.15) is 10.4 Å². The van der Waals surface area contributed by atoms with Gasteiger partial charge >= 0.3 is 0 Å². The first kappa shape index (κ1) is 12.9. The van der Waals surface area contributed by atoms with E-state index in [1.54, 1.807) is 29.1 Å². The van der Waals surface area contributed by atoms with Crippen LogP contribution in [0.25, 0.3) is 5.69 Å². The summed E-state index contributed by atoms with van der Waals surface area (Å²) in [5.41, 5.74) is 1.55. The molecule has 0 unspecified atom stereocenters. The zero-order chi connectivity index (χ0) is 14.7. The van der Waals surface area contributed by atoms with Crippen molar-refractivity contribution in [2.45, 2.75) is 0 Å². The third-order valence-corrected chi connectivity index (χ3v) is 2.93. The van der Waals surface area contributed by atoms with Gasteiger partial charge in [-0.3, -0.25) is 9.59 Å². The zero-order valence-electron chi connectivity index (χ0n) is 11.0. The number of rotatable bonds is 3. The number of aromatic amines is 1. The Kier molecular flexibility index (Phi) is 3.34. The minimum Gasteiger partial charge on any atom is -0.329 e. The summed E-state index contributed by atoms with van der Waals surface area (Å²) < 4.78 is 1.72. The molecule has 0 saturated carbocycles. The number of nitrogens with zero attached hydrogens (tertiary/aromatic N) is 2. The average molecular weight is 280 g/mol. The largest absolute Gasteiger partial charge is 0.329 e. The predicted octanol–water partition coefficient (Wildman–Crippen LogP) is 1.81. The van der Waals surface area contributed by atoms with Crippen LogP contribution in [0.4, 0.5) is 5.69 Å². The summed E-state index contributed by atoms with van der Waals surface area (Å²) in [6.45, 7) is 0. The summed E-state index contributed by atoms with van der Waals surface area (Å²) in [7, 11) is 0. The number of aromatic nitrogens is 3. The molecule has 3 rings (SSSR count). The molecular formula is C15H12N4O2. The minimum absolute atomic E-state index is 0.309. The Morgan fingerprint density at radius 2 is 2.00 bits per heavy atom. The lowest BCUT2D eigenvalue weighted by Gasteiger charge is -2.06. The Hall–Kier alpha value is -3.15. The highest BCUT2D eigenvalue weighted by atomic mass is 16.2. The van der Waals surface area contributed by atoms with E-state index in [0.29, 0.717) is 11.3 Å². The number of pyridine rings is 1. The quantitative estimate of drug-likeness (QED) is 0.768. The Labute approximate surface area is 120 Å². The van der Waals surface area contributed by atoms with E-state index in [0.717, 1.165) is 5.69 Å². The van der Waals surface area contributed by atoms with E-state index in [1.807, 2.05) is 24.4 Å². The van der Waals surface area contributed by atoms with Crippen LogP contribution in [-0.2, 0) is 0 Å². The number of nitrogens with one attached hydrogen (secondary N) is 2. The van der Waals surface area contributed by atoms with Gasteiger partial charge < -0.3 is 10.3 Å². The summed E-state index contributed by atoms with van der Waals surface area (Å²) in [4.78, 5) is 25.6. The van der Waals surface area contributed by atoms with Gasteiger partial charge in [0.05, 0.1) is 5.69 Å². The fourth-order valence-electron chi connectivity index (χ4n) is 1.91. The number of H-pyrrole nitrogens is 1. The van der Waals surface area contributed by atoms with E-state index in [2.05, 4.69) is 15.4 Å². The zero-order valence-corrected chi connectivity index (χ0v) is 11.0. The summed E-state index contributed by atoms with van der Waals surface area (Å²) in [6, 6.07) is 11.9. The molecule has 0 radical (unpaired) electrons. The highest BCUT2D eigenvalue weighted by Crippen LogP contribution is 2.13. The minimum atomic E-state index is -0.326. The molecule has 6 nitrogen and oxygen atoms in total. The van der Waals surface area contributed by atoms with Gasteiger partial charge in [0.2, 0.25) is 5.56 Å². The second kappa shape index (κ2) is 5.46. The number of anilines is 1. The van der Waals surface area contributed by atoms with E-state index < -0.39 is 0 Å². The molecule has 3 aromatic rings. The molecule has 0 saturated heterocycles. The summed E-state index contributed by atoms with van der Waals surface area (Å²) in [6.07, 6.45) is 4.98. The van der Waals surface area contributed by atoms with E-state index in [1.165, 1.54) is 12.3 Å². The fourth-order valence-corrected chi connectivity index (χ4v) is 1.91. The van der Waals surface area contributed by atoms with Crippen LogP contribution in [-0.4, -0.2) is 20.7 Å². The van der Waals surface area contributed by atoms with Crippen LogP contribution in [0.5, 0.6) is 0 Å². The number of amides is 1. The second-order valence-electron chi connectivity index (χ2n) is 4.39. The first-order valence-corrected chi connectivity index (χ1v) is 6.32. The molecule has 2 N–H and O–H groups in total. The van der Waals surface area contributed by atoms with Crippen molar-refractivity contribution in [3.8, 4) is 5.69 Å². The molecule has 6 heteroatoms. The number of carbonyl (C=O) groups excluding carboxylic acids is 1. The second-order valence-corrected chi connectivity index (χ2v) is 4.39. The van der Waals surface area contributed by atoms with E-state index in [9.17, 15) is 9.59 Å². The maximum atomic E-state index is 12.0. The van der Waals surface area contributed by atoms with Crippen molar-refractivity contribution in [2.75, 3.05) is 5.32 Å². The Bertz CT molecular complexity index is 804. The fraction of sp³-hybridized carbons (Fsp3) is 0. The van der Waals surface area contributed by atoms with Crippen LogP contribution in [0.2, 0.25) is 0 Å². The van der Waals surface area contributed by atoms with Gasteiger partial charge in [0, 0.05) is 35.9 Å². The topological polar surface area (TPSA) is 79.8 Å². The van der Waals surface area contributed by atoms with Crippen LogP contribution in [0.15, 0.2) is 65.8 Å². The first-order valence-electron chi connectivity index (χ1n) is 6.32. The lowest BCUT2D eigenvalue weighted by Crippen LogP contribution is -2.15. The van der Waals surface area contributed by atoms with E-state index in [4.69, 9.17) is 0 Å². The molecule has 0 aliphatic carbocycles. The summed E-state index contributed by atoms with van der Waals surface area (Å²) >= 11 is 0. The lowest BCUT2D eigenvalue weighted by molar-refractivity contribution is 0.102. The molecule has 0 aliphatic heterocycles. The lowest BCUT2D eigenvalue weighted by atomic mass is 10.2. The standard InChI is InChI=1S/C15H12N4O2/c20-14-10-11(6-8-16-14)15(21)18-12-2-4-13(5-3-12)19-9-1-7-17-19/h1-10H,(H,16,20)(H,18,21). The molecule has 0 spiro atoms. The van der Waals surface area contributed by atoms with Crippen molar-refractivity contribution >= 4 is 11.6 Å². The molecule has 21 heavy (non-hydrogen) atoms. The third kappa shape index (κ3) is 2.89. The van der Waals surface area contributed by atoms with Crippen LogP contribution >= 0.6 is 0 Å². The monoisotopic (exact) mass is 280 g/mol. The number of hydrogen-bond donors (Lipinski definition) is 2. The van der Waals surface area contributed by atoms with Crippen molar-refractivity contribution in [3.63, 3.8) is 0 Å². The van der Waals surface area contributed by atoms with Crippen molar-refractivity contribution < 1.29 is 4.79 Å². The molecular weight excluding hydrogens is 268 g/mol. The summed E-state index contributed by atoms with van der Waals surface area (Å²) in [5.74, 6) is -0.326. The van der Waals surface area contributed by atoms with Crippen LogP contribution in [0.3, 0.4) is 0 Å². The van der Waals surface area contributed by atoms with Crippen LogP contribution in [0, 0.1) is 0 Å². The molecule has 0 aliphatic rings. The molecule has 0 atom stereocenters. The van der Waals surface area contributed by atoms with Gasteiger partial charge in [-0.15, -0.1) is 0 Å². The summed E-state index contributed by atoms with van der Waals surface area (Å²) in [5, 5.41) is 6.86. The molecule has 1 aromatic carbocycles. The maximum absolute atomic E-state index is 12.0. The van der Waals surface area contributed by atoms with Crippen molar-refractivity contribution in [2.24, 2.45) is 0 Å². The van der Waals surface area contributed by atoms with Gasteiger partial charge in [0.1, 0.15) is 0 Å². The van der Waals surface area contributed by atoms with Crippen molar-refractivity contribution in [1.82, 2.24) is 14.8 Å². The average Bonchev–Trinajstić information content (AvgIpc) is 3.02. The molecule has 1 amide bonds. The molecule has 0 bridgehead atoms. The smallest absolute Gasteiger partial charge is 0.255 e. The number of hydrogen-bond acceptors (Lipinski definition) is 3. The molecule has 0 fully saturated rings. The van der Waals surface area contributed by atoms with E-state index >= 15 is 0 Å². The predicted molar refractivity (Wildman–Crippen MR) is 78.6 cm³/mol. The van der Waals surface area contributed by atoms with Gasteiger partial charge in [-0.05, 0) is 36.4 Å². The van der Waals surface area contributed by atoms with Crippen molar-refractivity contribution in [3.05, 3.63) is 77.0 Å². The normalized spacial score (nSPS) is 10.3. The maximum Gasteiger partial charge on any atom is 0.255 e. The number of benzene rings is 1. The van der Waals surface area contributed by atoms with Gasteiger partial charge in [-0.25, -0.2) is 4.68 Å². The van der Waals surface area contributed by atoms with Gasteiger partial charge in [-0.2, -0.15) is 5.10 Å². The highest BCUT2D eigenvalue weighted by Gasteiger charge is 2.06. The van der Waals surface area contributed by atoms with E-state index in [-0.39, 0.29) is 11.5 Å². The SMILES string of the molecule is O=C(Nc1ccc(-n2cccn2)cc1)c1cc[nH]c(=O)c1. The van der Waals surface area contributed by atoms with Crippen LogP contribution < -0.4 is 10.9 Å². The van der Waals surface area contributed by atoms with Gasteiger partial charge in [0.15, 0.2) is 0 Å². The molecule has 2 heterocycles. The molecule has 104 valence electrons. The van der Waals surface area contributed by atoms with Gasteiger partial charge in [0.25, 0.3) is 5.91 Å². The Morgan fingerprint density at radius 3 is 2.67 bits per heavy atom. The number of carbonyl (C=O) groups is 1. The highest BCUT2D eigenvalue weighted by molar-refractivity contribution is 6.04. The molecule has 2 aromatic heterocycles. The Balaban J connectivity index is 1.76. The van der Waals surface area contributed by atoms with Crippen molar-refractivity contribution in [1.29, 1.82) is 0 Å². The van der Waals surface area contributed by atoms with Gasteiger partial charge in [-0.1, -0.05) is 0 Å². The Morgan fingerprint density at radius 1 is 1.19 bits per heavy atom. The third-order valence-electron chi connectivity index (χ3n) is 2.93.